The molecule has 28 heavy (non-hydrogen) atoms. The summed E-state index contributed by atoms with van der Waals surface area (Å²) in [5, 5.41) is 5.79. The van der Waals surface area contributed by atoms with Crippen molar-refractivity contribution in [2.24, 2.45) is 13.0 Å². The van der Waals surface area contributed by atoms with Crippen LogP contribution in [0.1, 0.15) is 48.8 Å². The molecular weight excluding hydrogens is 344 g/mol. The molecule has 1 aromatic heterocycles. The molecule has 0 saturated heterocycles. The number of rotatable bonds is 5. The maximum atomic E-state index is 6.16. The molecule has 3 nitrogen and oxygen atoms in total. The van der Waals surface area contributed by atoms with Crippen LogP contribution in [0.2, 0.25) is 0 Å². The smallest absolute Gasteiger partial charge is 0.240 e. The Morgan fingerprint density at radius 3 is 2.82 bits per heavy atom. The van der Waals surface area contributed by atoms with Gasteiger partial charge < -0.3 is 4.74 Å². The van der Waals surface area contributed by atoms with Crippen molar-refractivity contribution in [1.29, 1.82) is 0 Å². The standard InChI is InChI=1S/C25H28N2O/c1-27-24-16-19(15-21-13-12-20-9-5-6-10-22(20)21)11-14-23(24)25(26-27)28-17-18-7-3-2-4-8-18/h5-6,9-11,13-14,16,18H,2-4,7-8,12,15,17H2,1H3. The summed E-state index contributed by atoms with van der Waals surface area (Å²) in [7, 11) is 2.02. The third kappa shape index (κ3) is 3.34. The SMILES string of the molecule is Cn1nc(OCC2CCCCC2)c2ccc(CC3=CCc4ccccc43)cc21. The highest BCUT2D eigenvalue weighted by atomic mass is 16.5. The zero-order valence-corrected chi connectivity index (χ0v) is 16.7. The van der Waals surface area contributed by atoms with E-state index in [2.05, 4.69) is 53.6 Å². The fourth-order valence-electron chi connectivity index (χ4n) is 4.78. The van der Waals surface area contributed by atoms with Crippen LogP contribution in [0.5, 0.6) is 5.88 Å². The van der Waals surface area contributed by atoms with Gasteiger partial charge in [0.25, 0.3) is 0 Å². The van der Waals surface area contributed by atoms with E-state index < -0.39 is 0 Å². The number of allylic oxidation sites excluding steroid dienone is 2. The van der Waals surface area contributed by atoms with Crippen LogP contribution in [0.15, 0.2) is 48.5 Å². The predicted molar refractivity (Wildman–Crippen MR) is 115 cm³/mol. The van der Waals surface area contributed by atoms with Crippen molar-refractivity contribution >= 4 is 16.5 Å². The van der Waals surface area contributed by atoms with E-state index in [1.165, 1.54) is 54.4 Å². The summed E-state index contributed by atoms with van der Waals surface area (Å²) in [5.74, 6) is 1.49. The average molecular weight is 373 g/mol. The van der Waals surface area contributed by atoms with Crippen LogP contribution in [-0.2, 0) is 19.9 Å². The average Bonchev–Trinajstić information content (AvgIpc) is 3.28. The highest BCUT2D eigenvalue weighted by Gasteiger charge is 2.18. The minimum Gasteiger partial charge on any atom is -0.476 e. The quantitative estimate of drug-likeness (QED) is 0.573. The van der Waals surface area contributed by atoms with Crippen LogP contribution >= 0.6 is 0 Å². The second kappa shape index (κ2) is 7.46. The number of nitrogens with zero attached hydrogens (tertiary/aromatic N) is 2. The fraction of sp³-hybridized carbons (Fsp3) is 0.400. The van der Waals surface area contributed by atoms with Crippen molar-refractivity contribution in [2.75, 3.05) is 6.61 Å². The maximum absolute atomic E-state index is 6.16. The molecule has 0 aliphatic heterocycles. The molecule has 3 aromatic rings. The molecule has 0 N–H and O–H groups in total. The summed E-state index contributed by atoms with van der Waals surface area (Å²) in [6.07, 6.45) is 11.1. The zero-order valence-electron chi connectivity index (χ0n) is 16.7. The van der Waals surface area contributed by atoms with Gasteiger partial charge in [-0.25, -0.2) is 0 Å². The normalized spacial score (nSPS) is 17.0. The van der Waals surface area contributed by atoms with Gasteiger partial charge in [-0.2, -0.15) is 0 Å². The summed E-state index contributed by atoms with van der Waals surface area (Å²) in [6, 6.07) is 15.4. The highest BCUT2D eigenvalue weighted by Crippen LogP contribution is 2.32. The van der Waals surface area contributed by atoms with Crippen molar-refractivity contribution < 1.29 is 4.74 Å². The lowest BCUT2D eigenvalue weighted by Crippen LogP contribution is -2.15. The molecule has 3 heteroatoms. The molecule has 1 fully saturated rings. The van der Waals surface area contributed by atoms with Crippen LogP contribution in [-0.4, -0.2) is 16.4 Å². The Bertz CT molecular complexity index is 1020. The summed E-state index contributed by atoms with van der Waals surface area (Å²) >= 11 is 0. The van der Waals surface area contributed by atoms with E-state index in [1.807, 2.05) is 11.7 Å². The molecule has 1 saturated carbocycles. The molecule has 1 heterocycles. The van der Waals surface area contributed by atoms with Crippen LogP contribution in [0.25, 0.3) is 16.5 Å². The second-order valence-electron chi connectivity index (χ2n) is 8.36. The number of hydrogen-bond acceptors (Lipinski definition) is 2. The Hall–Kier alpha value is -2.55. The first-order valence-electron chi connectivity index (χ1n) is 10.6. The Morgan fingerprint density at radius 1 is 1.07 bits per heavy atom. The van der Waals surface area contributed by atoms with Gasteiger partial charge >= 0.3 is 0 Å². The van der Waals surface area contributed by atoms with Crippen LogP contribution in [0.4, 0.5) is 0 Å². The zero-order chi connectivity index (χ0) is 18.9. The maximum Gasteiger partial charge on any atom is 0.240 e. The summed E-state index contributed by atoms with van der Waals surface area (Å²) < 4.78 is 8.12. The van der Waals surface area contributed by atoms with E-state index >= 15 is 0 Å². The van der Waals surface area contributed by atoms with E-state index in [9.17, 15) is 0 Å². The van der Waals surface area contributed by atoms with E-state index in [-0.39, 0.29) is 0 Å². The number of aromatic nitrogens is 2. The lowest BCUT2D eigenvalue weighted by atomic mass is 9.90. The minimum atomic E-state index is 0.694. The minimum absolute atomic E-state index is 0.694. The molecule has 144 valence electrons. The lowest BCUT2D eigenvalue weighted by Gasteiger charge is -2.20. The summed E-state index contributed by atoms with van der Waals surface area (Å²) in [6.45, 7) is 0.803. The van der Waals surface area contributed by atoms with Gasteiger partial charge in [0.05, 0.1) is 17.5 Å². The number of aryl methyl sites for hydroxylation is 1. The van der Waals surface area contributed by atoms with Gasteiger partial charge in [0.2, 0.25) is 5.88 Å². The number of hydrogen-bond donors (Lipinski definition) is 0. The van der Waals surface area contributed by atoms with Crippen molar-refractivity contribution in [2.45, 2.75) is 44.9 Å². The molecule has 5 rings (SSSR count). The van der Waals surface area contributed by atoms with Crippen LogP contribution < -0.4 is 4.74 Å². The molecule has 0 amide bonds. The molecule has 0 bridgehead atoms. The number of ether oxygens (including phenoxy) is 1. The van der Waals surface area contributed by atoms with Gasteiger partial charge in [-0.1, -0.05) is 55.7 Å². The van der Waals surface area contributed by atoms with Gasteiger partial charge in [0.15, 0.2) is 0 Å². The molecule has 0 atom stereocenters. The molecular formula is C25H28N2O. The monoisotopic (exact) mass is 372 g/mol. The largest absolute Gasteiger partial charge is 0.476 e. The highest BCUT2D eigenvalue weighted by molar-refractivity contribution is 5.86. The summed E-state index contributed by atoms with van der Waals surface area (Å²) in [5.41, 5.74) is 6.77. The van der Waals surface area contributed by atoms with Crippen molar-refractivity contribution in [1.82, 2.24) is 9.78 Å². The Morgan fingerprint density at radius 2 is 1.93 bits per heavy atom. The van der Waals surface area contributed by atoms with E-state index in [0.717, 1.165) is 36.2 Å². The third-order valence-electron chi connectivity index (χ3n) is 6.39. The van der Waals surface area contributed by atoms with Gasteiger partial charge in [-0.05, 0) is 66.0 Å². The topological polar surface area (TPSA) is 27.1 Å². The first-order valence-corrected chi connectivity index (χ1v) is 10.6. The van der Waals surface area contributed by atoms with Crippen molar-refractivity contribution in [3.63, 3.8) is 0 Å². The second-order valence-corrected chi connectivity index (χ2v) is 8.36. The molecule has 2 aromatic carbocycles. The number of benzene rings is 2. The Balaban J connectivity index is 1.34. The molecule has 0 radical (unpaired) electrons. The Labute approximate surface area is 167 Å². The van der Waals surface area contributed by atoms with Gasteiger partial charge in [0.1, 0.15) is 0 Å². The van der Waals surface area contributed by atoms with Gasteiger partial charge in [-0.3, -0.25) is 4.68 Å². The molecule has 0 spiro atoms. The first kappa shape index (κ1) is 17.5. The van der Waals surface area contributed by atoms with Crippen molar-refractivity contribution in [3.05, 3.63) is 65.2 Å². The van der Waals surface area contributed by atoms with E-state index in [4.69, 9.17) is 4.74 Å². The molecule has 2 aliphatic carbocycles. The van der Waals surface area contributed by atoms with Gasteiger partial charge in [-0.15, -0.1) is 5.10 Å². The molecule has 2 aliphatic rings. The lowest BCUT2D eigenvalue weighted by molar-refractivity contribution is 0.203. The van der Waals surface area contributed by atoms with Crippen molar-refractivity contribution in [3.8, 4) is 5.88 Å². The molecule has 0 unspecified atom stereocenters. The van der Waals surface area contributed by atoms with Crippen LogP contribution in [0, 0.1) is 5.92 Å². The van der Waals surface area contributed by atoms with E-state index in [0.29, 0.717) is 5.92 Å². The van der Waals surface area contributed by atoms with Crippen LogP contribution in [0.3, 0.4) is 0 Å². The predicted octanol–water partition coefficient (Wildman–Crippen LogP) is 5.71. The van der Waals surface area contributed by atoms with Gasteiger partial charge in [0, 0.05) is 7.05 Å². The van der Waals surface area contributed by atoms with E-state index in [1.54, 1.807) is 0 Å². The fourth-order valence-corrected chi connectivity index (χ4v) is 4.78. The third-order valence-corrected chi connectivity index (χ3v) is 6.39. The summed E-state index contributed by atoms with van der Waals surface area (Å²) in [4.78, 5) is 0. The Kier molecular flexibility index (Phi) is 4.67. The number of fused-ring (bicyclic) bond motifs is 2. The first-order chi connectivity index (χ1) is 13.8.